The average molecular weight is 249 g/mol. The molecular weight excluding hydrogens is 230 g/mol. The fourth-order valence-corrected chi connectivity index (χ4v) is 1.60. The van der Waals surface area contributed by atoms with Crippen molar-refractivity contribution in [2.45, 2.75) is 38.8 Å². The predicted molar refractivity (Wildman–Crippen MR) is 69.7 cm³/mol. The zero-order valence-electron chi connectivity index (χ0n) is 10.8. The molecule has 1 unspecified atom stereocenters. The van der Waals surface area contributed by atoms with Gasteiger partial charge in [0.15, 0.2) is 11.6 Å². The molecule has 1 aliphatic carbocycles. The Balaban J connectivity index is 1.96. The standard InChI is InChI=1S/C13H19N3O2/c1-3-18-11-5-4-8-14-12(11)15-9(2)13(17)16-10-6-7-10/h4-5,8-10H,3,6-7H2,1-2H3,(H,14,15)(H,16,17). The van der Waals surface area contributed by atoms with Gasteiger partial charge in [0.1, 0.15) is 6.04 Å². The van der Waals surface area contributed by atoms with Gasteiger partial charge in [-0.05, 0) is 38.8 Å². The van der Waals surface area contributed by atoms with Crippen molar-refractivity contribution in [1.29, 1.82) is 0 Å². The number of pyridine rings is 1. The number of hydrogen-bond acceptors (Lipinski definition) is 4. The molecule has 1 saturated carbocycles. The van der Waals surface area contributed by atoms with Gasteiger partial charge in [-0.3, -0.25) is 4.79 Å². The van der Waals surface area contributed by atoms with Crippen LogP contribution in [0, 0.1) is 0 Å². The van der Waals surface area contributed by atoms with Crippen LogP contribution in [0.3, 0.4) is 0 Å². The van der Waals surface area contributed by atoms with Crippen LogP contribution in [-0.2, 0) is 4.79 Å². The Labute approximate surface area is 107 Å². The highest BCUT2D eigenvalue weighted by Gasteiger charge is 2.25. The Hall–Kier alpha value is -1.78. The molecule has 2 rings (SSSR count). The molecular formula is C13H19N3O2. The minimum absolute atomic E-state index is 0.00519. The Morgan fingerprint density at radius 3 is 3.06 bits per heavy atom. The second kappa shape index (κ2) is 5.71. The smallest absolute Gasteiger partial charge is 0.242 e. The van der Waals surface area contributed by atoms with Gasteiger partial charge in [0.2, 0.25) is 5.91 Å². The molecule has 0 spiro atoms. The highest BCUT2D eigenvalue weighted by Crippen LogP contribution is 2.22. The van der Waals surface area contributed by atoms with E-state index in [1.54, 1.807) is 6.20 Å². The van der Waals surface area contributed by atoms with Crippen molar-refractivity contribution in [2.24, 2.45) is 0 Å². The van der Waals surface area contributed by atoms with Crippen LogP contribution in [0.5, 0.6) is 5.75 Å². The van der Waals surface area contributed by atoms with E-state index in [0.29, 0.717) is 24.2 Å². The van der Waals surface area contributed by atoms with Crippen LogP contribution in [0.15, 0.2) is 18.3 Å². The molecule has 1 atom stereocenters. The minimum Gasteiger partial charge on any atom is -0.490 e. The van der Waals surface area contributed by atoms with E-state index in [-0.39, 0.29) is 11.9 Å². The van der Waals surface area contributed by atoms with Crippen LogP contribution >= 0.6 is 0 Å². The first-order valence-corrected chi connectivity index (χ1v) is 6.35. The van der Waals surface area contributed by atoms with E-state index in [1.165, 1.54) is 0 Å². The lowest BCUT2D eigenvalue weighted by Gasteiger charge is -2.16. The van der Waals surface area contributed by atoms with Crippen LogP contribution in [0.1, 0.15) is 26.7 Å². The van der Waals surface area contributed by atoms with Gasteiger partial charge in [-0.15, -0.1) is 0 Å². The van der Waals surface area contributed by atoms with Crippen LogP contribution in [0.4, 0.5) is 5.82 Å². The highest BCUT2D eigenvalue weighted by atomic mass is 16.5. The van der Waals surface area contributed by atoms with Gasteiger partial charge in [-0.2, -0.15) is 0 Å². The summed E-state index contributed by atoms with van der Waals surface area (Å²) in [6.07, 6.45) is 3.86. The Morgan fingerprint density at radius 1 is 1.61 bits per heavy atom. The normalized spacial score (nSPS) is 15.9. The third kappa shape index (κ3) is 3.35. The van der Waals surface area contributed by atoms with Crippen molar-refractivity contribution < 1.29 is 9.53 Å². The largest absolute Gasteiger partial charge is 0.490 e. The summed E-state index contributed by atoms with van der Waals surface area (Å²) in [5.74, 6) is 1.29. The molecule has 18 heavy (non-hydrogen) atoms. The number of carbonyl (C=O) groups excluding carboxylic acids is 1. The van der Waals surface area contributed by atoms with E-state index in [9.17, 15) is 4.79 Å². The number of carbonyl (C=O) groups is 1. The molecule has 0 aromatic carbocycles. The van der Waals surface area contributed by atoms with Gasteiger partial charge in [-0.25, -0.2) is 4.98 Å². The van der Waals surface area contributed by atoms with E-state index < -0.39 is 0 Å². The lowest BCUT2D eigenvalue weighted by molar-refractivity contribution is -0.121. The van der Waals surface area contributed by atoms with Gasteiger partial charge in [0.25, 0.3) is 0 Å². The summed E-state index contributed by atoms with van der Waals surface area (Å²) >= 11 is 0. The van der Waals surface area contributed by atoms with Gasteiger partial charge in [0, 0.05) is 12.2 Å². The summed E-state index contributed by atoms with van der Waals surface area (Å²) in [5, 5.41) is 6.04. The molecule has 1 amide bonds. The summed E-state index contributed by atoms with van der Waals surface area (Å²) < 4.78 is 5.45. The molecule has 1 aromatic rings. The number of nitrogens with zero attached hydrogens (tertiary/aromatic N) is 1. The maximum Gasteiger partial charge on any atom is 0.242 e. The van der Waals surface area contributed by atoms with Crippen LogP contribution in [0.25, 0.3) is 0 Å². The van der Waals surface area contributed by atoms with E-state index >= 15 is 0 Å². The first-order valence-electron chi connectivity index (χ1n) is 6.35. The molecule has 1 fully saturated rings. The molecule has 0 saturated heterocycles. The molecule has 1 aromatic heterocycles. The highest BCUT2D eigenvalue weighted by molar-refractivity contribution is 5.84. The van der Waals surface area contributed by atoms with Crippen molar-refractivity contribution in [3.05, 3.63) is 18.3 Å². The van der Waals surface area contributed by atoms with Gasteiger partial charge in [-0.1, -0.05) is 0 Å². The second-order valence-corrected chi connectivity index (χ2v) is 4.43. The molecule has 2 N–H and O–H groups in total. The Morgan fingerprint density at radius 2 is 2.39 bits per heavy atom. The summed E-state index contributed by atoms with van der Waals surface area (Å²) in [6.45, 7) is 4.31. The zero-order valence-corrected chi connectivity index (χ0v) is 10.8. The maximum atomic E-state index is 11.8. The predicted octanol–water partition coefficient (Wildman–Crippen LogP) is 1.56. The fourth-order valence-electron chi connectivity index (χ4n) is 1.60. The van der Waals surface area contributed by atoms with Crippen LogP contribution in [-0.4, -0.2) is 29.6 Å². The maximum absolute atomic E-state index is 11.8. The summed E-state index contributed by atoms with van der Waals surface area (Å²) in [4.78, 5) is 16.0. The first kappa shape index (κ1) is 12.7. The minimum atomic E-state index is -0.320. The lowest BCUT2D eigenvalue weighted by atomic mass is 10.3. The number of hydrogen-bond donors (Lipinski definition) is 2. The van der Waals surface area contributed by atoms with Crippen molar-refractivity contribution in [1.82, 2.24) is 10.3 Å². The molecule has 5 heteroatoms. The summed E-state index contributed by atoms with van der Waals surface area (Å²) in [7, 11) is 0. The summed E-state index contributed by atoms with van der Waals surface area (Å²) in [5.41, 5.74) is 0. The van der Waals surface area contributed by atoms with Crippen molar-refractivity contribution >= 4 is 11.7 Å². The van der Waals surface area contributed by atoms with E-state index in [0.717, 1.165) is 12.8 Å². The van der Waals surface area contributed by atoms with Gasteiger partial charge >= 0.3 is 0 Å². The van der Waals surface area contributed by atoms with Crippen LogP contribution in [0.2, 0.25) is 0 Å². The number of ether oxygens (including phenoxy) is 1. The van der Waals surface area contributed by atoms with Crippen molar-refractivity contribution in [3.63, 3.8) is 0 Å². The molecule has 0 bridgehead atoms. The van der Waals surface area contributed by atoms with Gasteiger partial charge < -0.3 is 15.4 Å². The lowest BCUT2D eigenvalue weighted by Crippen LogP contribution is -2.38. The molecule has 1 heterocycles. The van der Waals surface area contributed by atoms with Crippen molar-refractivity contribution in [3.8, 4) is 5.75 Å². The SMILES string of the molecule is CCOc1cccnc1NC(C)C(=O)NC1CC1. The van der Waals surface area contributed by atoms with Crippen molar-refractivity contribution in [2.75, 3.05) is 11.9 Å². The molecule has 5 nitrogen and oxygen atoms in total. The molecule has 1 aliphatic rings. The Bertz CT molecular complexity index is 418. The second-order valence-electron chi connectivity index (χ2n) is 4.43. The number of amides is 1. The third-order valence-electron chi connectivity index (χ3n) is 2.74. The number of aromatic nitrogens is 1. The molecule has 98 valence electrons. The quantitative estimate of drug-likeness (QED) is 0.803. The monoisotopic (exact) mass is 249 g/mol. The van der Waals surface area contributed by atoms with E-state index in [1.807, 2.05) is 26.0 Å². The third-order valence-corrected chi connectivity index (χ3v) is 2.74. The zero-order chi connectivity index (χ0) is 13.0. The van der Waals surface area contributed by atoms with E-state index in [2.05, 4.69) is 15.6 Å². The molecule has 0 aliphatic heterocycles. The van der Waals surface area contributed by atoms with E-state index in [4.69, 9.17) is 4.74 Å². The number of anilines is 1. The Kier molecular flexibility index (Phi) is 4.02. The number of rotatable bonds is 6. The first-order chi connectivity index (χ1) is 8.70. The van der Waals surface area contributed by atoms with Gasteiger partial charge in [0.05, 0.1) is 6.61 Å². The topological polar surface area (TPSA) is 63.2 Å². The molecule has 0 radical (unpaired) electrons. The summed E-state index contributed by atoms with van der Waals surface area (Å²) in [6, 6.07) is 3.70. The van der Waals surface area contributed by atoms with Crippen LogP contribution < -0.4 is 15.4 Å². The number of nitrogens with one attached hydrogen (secondary N) is 2. The average Bonchev–Trinajstić information content (AvgIpc) is 3.16. The fraction of sp³-hybridized carbons (Fsp3) is 0.538.